The lowest BCUT2D eigenvalue weighted by molar-refractivity contribution is -0.0177. The van der Waals surface area contributed by atoms with Crippen LogP contribution in [0.4, 0.5) is 5.69 Å². The van der Waals surface area contributed by atoms with Gasteiger partial charge in [-0.05, 0) is 22.8 Å². The third kappa shape index (κ3) is 1.93. The maximum absolute atomic E-state index is 6.49. The highest BCUT2D eigenvalue weighted by Gasteiger charge is 2.47. The summed E-state index contributed by atoms with van der Waals surface area (Å²) >= 11 is 0. The Hall–Kier alpha value is -2.58. The van der Waals surface area contributed by atoms with Gasteiger partial charge < -0.3 is 10.1 Å². The molecule has 2 nitrogen and oxygen atoms in total. The van der Waals surface area contributed by atoms with Crippen LogP contribution < -0.4 is 5.32 Å². The largest absolute Gasteiger partial charge is 0.378 e. The summed E-state index contributed by atoms with van der Waals surface area (Å²) in [6, 6.07) is 28.1. The van der Waals surface area contributed by atoms with Gasteiger partial charge in [-0.2, -0.15) is 0 Å². The minimum absolute atomic E-state index is 0.243. The van der Waals surface area contributed by atoms with Crippen LogP contribution in [0.5, 0.6) is 0 Å². The van der Waals surface area contributed by atoms with Crippen LogP contribution in [0, 0.1) is 0 Å². The number of hydrogen-bond donors (Lipinski definition) is 1. The molecule has 5 rings (SSSR count). The first-order valence-electron chi connectivity index (χ1n) is 8.50. The second-order valence-electron chi connectivity index (χ2n) is 6.63. The third-order valence-corrected chi connectivity index (χ3v) is 5.31. The van der Waals surface area contributed by atoms with Crippen molar-refractivity contribution in [2.24, 2.45) is 0 Å². The molecule has 0 bridgehead atoms. The third-order valence-electron chi connectivity index (χ3n) is 5.31. The van der Waals surface area contributed by atoms with Crippen molar-refractivity contribution in [1.29, 1.82) is 0 Å². The SMILES string of the molecule is c1ccc([C@@H]2C[C@]3(OCc4ccccc43)c3ccccc3N2)cc1. The maximum Gasteiger partial charge on any atom is 0.123 e. The number of rotatable bonds is 1. The van der Waals surface area contributed by atoms with Crippen LogP contribution in [0.1, 0.15) is 34.7 Å². The fourth-order valence-electron chi connectivity index (χ4n) is 4.19. The Kier molecular flexibility index (Phi) is 3.00. The molecular formula is C22H19NO. The Labute approximate surface area is 142 Å². The summed E-state index contributed by atoms with van der Waals surface area (Å²) < 4.78 is 6.49. The van der Waals surface area contributed by atoms with E-state index in [1.807, 2.05) is 0 Å². The summed E-state index contributed by atoms with van der Waals surface area (Å²) in [5, 5.41) is 3.72. The highest BCUT2D eigenvalue weighted by molar-refractivity contribution is 5.62. The molecule has 1 spiro atoms. The van der Waals surface area contributed by atoms with Crippen LogP contribution in [-0.4, -0.2) is 0 Å². The second kappa shape index (κ2) is 5.22. The molecule has 2 aliphatic rings. The monoisotopic (exact) mass is 313 g/mol. The number of nitrogens with one attached hydrogen (secondary N) is 1. The predicted octanol–water partition coefficient (Wildman–Crippen LogP) is 5.02. The van der Waals surface area contributed by atoms with E-state index in [1.54, 1.807) is 0 Å². The van der Waals surface area contributed by atoms with Crippen LogP contribution in [0.15, 0.2) is 78.9 Å². The summed E-state index contributed by atoms with van der Waals surface area (Å²) in [4.78, 5) is 0. The van der Waals surface area contributed by atoms with E-state index in [-0.39, 0.29) is 11.6 Å². The number of ether oxygens (including phenoxy) is 1. The molecule has 0 aromatic heterocycles. The van der Waals surface area contributed by atoms with Gasteiger partial charge in [0.15, 0.2) is 0 Å². The van der Waals surface area contributed by atoms with Crippen molar-refractivity contribution in [3.8, 4) is 0 Å². The van der Waals surface area contributed by atoms with E-state index < -0.39 is 0 Å². The summed E-state index contributed by atoms with van der Waals surface area (Å²) in [5.41, 5.74) is 6.01. The van der Waals surface area contributed by atoms with Crippen molar-refractivity contribution >= 4 is 5.69 Å². The van der Waals surface area contributed by atoms with Gasteiger partial charge in [0.1, 0.15) is 5.60 Å². The van der Waals surface area contributed by atoms with E-state index in [0.717, 1.165) is 6.42 Å². The van der Waals surface area contributed by atoms with E-state index in [1.165, 1.54) is 27.9 Å². The Balaban J connectivity index is 1.70. The average molecular weight is 313 g/mol. The highest BCUT2D eigenvalue weighted by Crippen LogP contribution is 2.52. The fourth-order valence-corrected chi connectivity index (χ4v) is 4.19. The van der Waals surface area contributed by atoms with Crippen molar-refractivity contribution in [2.75, 3.05) is 5.32 Å². The molecule has 0 saturated carbocycles. The van der Waals surface area contributed by atoms with E-state index in [2.05, 4.69) is 84.2 Å². The van der Waals surface area contributed by atoms with E-state index in [4.69, 9.17) is 4.74 Å². The van der Waals surface area contributed by atoms with Crippen molar-refractivity contribution in [3.63, 3.8) is 0 Å². The van der Waals surface area contributed by atoms with Gasteiger partial charge in [-0.25, -0.2) is 0 Å². The van der Waals surface area contributed by atoms with Crippen LogP contribution in [0.25, 0.3) is 0 Å². The van der Waals surface area contributed by atoms with Gasteiger partial charge in [-0.3, -0.25) is 0 Å². The predicted molar refractivity (Wildman–Crippen MR) is 95.9 cm³/mol. The topological polar surface area (TPSA) is 21.3 Å². The zero-order valence-corrected chi connectivity index (χ0v) is 13.4. The Morgan fingerprint density at radius 3 is 2.38 bits per heavy atom. The van der Waals surface area contributed by atoms with Crippen molar-refractivity contribution in [2.45, 2.75) is 24.7 Å². The molecule has 118 valence electrons. The molecular weight excluding hydrogens is 294 g/mol. The molecule has 0 unspecified atom stereocenters. The first-order chi connectivity index (χ1) is 11.9. The molecule has 0 fully saturated rings. The van der Waals surface area contributed by atoms with Crippen LogP contribution in [-0.2, 0) is 16.9 Å². The van der Waals surface area contributed by atoms with Crippen molar-refractivity contribution < 1.29 is 4.74 Å². The van der Waals surface area contributed by atoms with Gasteiger partial charge in [-0.1, -0.05) is 72.8 Å². The lowest BCUT2D eigenvalue weighted by atomic mass is 9.76. The number of hydrogen-bond acceptors (Lipinski definition) is 2. The zero-order valence-electron chi connectivity index (χ0n) is 13.4. The quantitative estimate of drug-likeness (QED) is 0.681. The number of fused-ring (bicyclic) bond motifs is 4. The van der Waals surface area contributed by atoms with Gasteiger partial charge in [0, 0.05) is 17.7 Å². The number of benzene rings is 3. The first kappa shape index (κ1) is 13.8. The summed E-state index contributed by atoms with van der Waals surface area (Å²) in [6.07, 6.45) is 0.908. The minimum Gasteiger partial charge on any atom is -0.378 e. The molecule has 0 saturated heterocycles. The normalized spacial score (nSPS) is 24.2. The van der Waals surface area contributed by atoms with E-state index >= 15 is 0 Å². The smallest absolute Gasteiger partial charge is 0.123 e. The Bertz CT molecular complexity index is 889. The van der Waals surface area contributed by atoms with Crippen LogP contribution >= 0.6 is 0 Å². The summed E-state index contributed by atoms with van der Waals surface area (Å²) in [6.45, 7) is 0.687. The lowest BCUT2D eigenvalue weighted by Crippen LogP contribution is -2.36. The molecule has 0 aliphatic carbocycles. The number of para-hydroxylation sites is 1. The van der Waals surface area contributed by atoms with Gasteiger partial charge >= 0.3 is 0 Å². The standard InChI is InChI=1S/C22H19NO/c1-2-8-16(9-3-1)21-14-22(19-12-6-7-13-20(19)23-21)18-11-5-4-10-17(18)15-24-22/h1-13,21,23H,14-15H2/t21-,22+/m0/s1. The molecule has 2 heteroatoms. The molecule has 1 N–H and O–H groups in total. The molecule has 2 atom stereocenters. The highest BCUT2D eigenvalue weighted by atomic mass is 16.5. The van der Waals surface area contributed by atoms with Crippen molar-refractivity contribution in [1.82, 2.24) is 0 Å². The molecule has 2 aliphatic heterocycles. The van der Waals surface area contributed by atoms with Crippen LogP contribution in [0.3, 0.4) is 0 Å². The van der Waals surface area contributed by atoms with Gasteiger partial charge in [-0.15, -0.1) is 0 Å². The number of anilines is 1. The van der Waals surface area contributed by atoms with Crippen LogP contribution in [0.2, 0.25) is 0 Å². The van der Waals surface area contributed by atoms with E-state index in [9.17, 15) is 0 Å². The molecule has 0 amide bonds. The Morgan fingerprint density at radius 2 is 1.50 bits per heavy atom. The first-order valence-corrected chi connectivity index (χ1v) is 8.50. The zero-order chi connectivity index (χ0) is 16.0. The van der Waals surface area contributed by atoms with E-state index in [0.29, 0.717) is 6.61 Å². The second-order valence-corrected chi connectivity index (χ2v) is 6.63. The molecule has 2 heterocycles. The molecule has 24 heavy (non-hydrogen) atoms. The molecule has 3 aromatic carbocycles. The lowest BCUT2D eigenvalue weighted by Gasteiger charge is -2.41. The average Bonchev–Trinajstić information content (AvgIpc) is 3.02. The van der Waals surface area contributed by atoms with Gasteiger partial charge in [0.2, 0.25) is 0 Å². The maximum atomic E-state index is 6.49. The van der Waals surface area contributed by atoms with Gasteiger partial charge in [0.25, 0.3) is 0 Å². The Morgan fingerprint density at radius 1 is 0.792 bits per heavy atom. The molecule has 0 radical (unpaired) electrons. The van der Waals surface area contributed by atoms with Gasteiger partial charge in [0.05, 0.1) is 12.6 Å². The van der Waals surface area contributed by atoms with Crippen molar-refractivity contribution in [3.05, 3.63) is 101 Å². The summed E-state index contributed by atoms with van der Waals surface area (Å²) in [5.74, 6) is 0. The molecule has 3 aromatic rings. The fraction of sp³-hybridized carbons (Fsp3) is 0.182. The minimum atomic E-state index is -0.348. The summed E-state index contributed by atoms with van der Waals surface area (Å²) in [7, 11) is 0.